The van der Waals surface area contributed by atoms with Crippen LogP contribution in [0.4, 0.5) is 0 Å². The van der Waals surface area contributed by atoms with E-state index >= 15 is 0 Å². The smallest absolute Gasteiger partial charge is 1.00 e. The van der Waals surface area contributed by atoms with E-state index in [2.05, 4.69) is 25.2 Å². The second kappa shape index (κ2) is 8.71. The van der Waals surface area contributed by atoms with Gasteiger partial charge in [-0.1, -0.05) is 6.92 Å². The van der Waals surface area contributed by atoms with E-state index in [4.69, 9.17) is 0 Å². The molecule has 1 aliphatic carbocycles. The molecule has 0 N–H and O–H groups in total. The first-order valence-corrected chi connectivity index (χ1v) is 2.13. The minimum absolute atomic E-state index is 0. The van der Waals surface area contributed by atoms with Crippen molar-refractivity contribution in [1.29, 1.82) is 0 Å². The Morgan fingerprint density at radius 2 is 2.00 bits per heavy atom. The number of halogens is 2. The van der Waals surface area contributed by atoms with Crippen LogP contribution < -0.4 is 24.8 Å². The zero-order valence-corrected chi connectivity index (χ0v) is 8.86. The molecule has 0 atom stereocenters. The van der Waals surface area contributed by atoms with Crippen LogP contribution >= 0.6 is 0 Å². The summed E-state index contributed by atoms with van der Waals surface area (Å²) in [5.41, 5.74) is 1.27. The van der Waals surface area contributed by atoms with Crippen molar-refractivity contribution in [2.75, 3.05) is 0 Å². The molecule has 0 aromatic carbocycles. The number of hydrogen-bond acceptors (Lipinski definition) is 0. The molecule has 3 heteroatoms. The summed E-state index contributed by atoms with van der Waals surface area (Å²) in [6.45, 7) is 2.06. The minimum atomic E-state index is 0. The van der Waals surface area contributed by atoms with Gasteiger partial charge in [-0.05, 0) is 0 Å². The van der Waals surface area contributed by atoms with E-state index in [-0.39, 0.29) is 44.9 Å². The largest absolute Gasteiger partial charge is 3.00 e. The molecule has 0 amide bonds. The van der Waals surface area contributed by atoms with Gasteiger partial charge in [0.2, 0.25) is 0 Å². The molecular weight excluding hydrogens is 335 g/mol. The van der Waals surface area contributed by atoms with Gasteiger partial charge in [-0.25, -0.2) is 11.6 Å². The average molecular weight is 342 g/mol. The molecule has 0 spiro atoms. The molecule has 9 heavy (non-hydrogen) atoms. The maximum atomic E-state index is 3.12. The van der Waals surface area contributed by atoms with Crippen molar-refractivity contribution in [1.82, 2.24) is 0 Å². The van der Waals surface area contributed by atoms with Crippen molar-refractivity contribution in [3.05, 3.63) is 23.8 Å². The third-order valence-electron chi connectivity index (χ3n) is 0.867. The maximum absolute atomic E-state index is 3.12. The van der Waals surface area contributed by atoms with Crippen molar-refractivity contribution in [3.8, 4) is 0 Å². The molecule has 0 aliphatic heterocycles. The topological polar surface area (TPSA) is 0 Å². The van der Waals surface area contributed by atoms with Crippen molar-refractivity contribution in [3.63, 3.8) is 0 Å². The fraction of sp³-hybridized carbons (Fsp3) is 0.333. The summed E-state index contributed by atoms with van der Waals surface area (Å²) >= 11 is 0. The molecule has 1 aliphatic rings. The van der Waals surface area contributed by atoms with E-state index < -0.39 is 0 Å². The second-order valence-corrected chi connectivity index (χ2v) is 1.47. The molecule has 0 unspecified atom stereocenters. The molecular formula is C6H7Cl2Ir. The number of allylic oxidation sites excluding steroid dienone is 4. The van der Waals surface area contributed by atoms with Crippen molar-refractivity contribution in [2.24, 2.45) is 0 Å². The van der Waals surface area contributed by atoms with Crippen LogP contribution in [-0.4, -0.2) is 0 Å². The van der Waals surface area contributed by atoms with Crippen LogP contribution in [0.15, 0.2) is 17.7 Å². The Balaban J connectivity index is -0.000000120. The second-order valence-electron chi connectivity index (χ2n) is 1.47. The van der Waals surface area contributed by atoms with Crippen LogP contribution in [-0.2, 0) is 20.1 Å². The number of hydrogen-bond donors (Lipinski definition) is 0. The minimum Gasteiger partial charge on any atom is -1.00 e. The Morgan fingerprint density at radius 1 is 1.44 bits per heavy atom. The molecule has 0 heterocycles. The van der Waals surface area contributed by atoms with Crippen LogP contribution in [0.2, 0.25) is 0 Å². The Morgan fingerprint density at radius 3 is 2.11 bits per heavy atom. The monoisotopic (exact) mass is 342 g/mol. The maximum Gasteiger partial charge on any atom is 3.00 e. The van der Waals surface area contributed by atoms with E-state index in [1.54, 1.807) is 0 Å². The molecule has 0 saturated heterocycles. The molecule has 0 aromatic heterocycles. The SMILES string of the molecule is CC1=[C-]CC=C1.[Cl-].[Cl-].[Ir+3]. The predicted molar refractivity (Wildman–Crippen MR) is 26.2 cm³/mol. The third-order valence-corrected chi connectivity index (χ3v) is 0.867. The Bertz CT molecular complexity index is 105. The van der Waals surface area contributed by atoms with Crippen molar-refractivity contribution in [2.45, 2.75) is 13.3 Å². The van der Waals surface area contributed by atoms with E-state index in [1.165, 1.54) is 5.57 Å². The molecule has 0 fully saturated rings. The van der Waals surface area contributed by atoms with Crippen LogP contribution in [0.5, 0.6) is 0 Å². The van der Waals surface area contributed by atoms with Crippen LogP contribution in [0.3, 0.4) is 0 Å². The van der Waals surface area contributed by atoms with Crippen molar-refractivity contribution < 1.29 is 44.9 Å². The summed E-state index contributed by atoms with van der Waals surface area (Å²) < 4.78 is 0. The fourth-order valence-electron chi connectivity index (χ4n) is 0.515. The van der Waals surface area contributed by atoms with Gasteiger partial charge in [0.25, 0.3) is 0 Å². The van der Waals surface area contributed by atoms with E-state index in [0.29, 0.717) is 0 Å². The van der Waals surface area contributed by atoms with Gasteiger partial charge in [-0.15, -0.1) is 6.42 Å². The molecule has 0 radical (unpaired) electrons. The van der Waals surface area contributed by atoms with Gasteiger partial charge in [0.1, 0.15) is 0 Å². The average Bonchev–Trinajstić information content (AvgIpc) is 1.86. The predicted octanol–water partition coefficient (Wildman–Crippen LogP) is -4.30. The summed E-state index contributed by atoms with van der Waals surface area (Å²) in [6.07, 6.45) is 8.33. The summed E-state index contributed by atoms with van der Waals surface area (Å²) in [5.74, 6) is 0. The molecule has 0 aromatic rings. The zero-order valence-electron chi connectivity index (χ0n) is 4.95. The van der Waals surface area contributed by atoms with Crippen LogP contribution in [0.25, 0.3) is 0 Å². The third kappa shape index (κ3) is 6.60. The summed E-state index contributed by atoms with van der Waals surface area (Å²) in [4.78, 5) is 0. The quantitative estimate of drug-likeness (QED) is 0.391. The molecule has 0 bridgehead atoms. The van der Waals surface area contributed by atoms with Gasteiger partial charge >= 0.3 is 20.1 Å². The first-order valence-electron chi connectivity index (χ1n) is 2.13. The van der Waals surface area contributed by atoms with Crippen LogP contribution in [0.1, 0.15) is 13.3 Å². The van der Waals surface area contributed by atoms with E-state index in [1.807, 2.05) is 0 Å². The van der Waals surface area contributed by atoms with Gasteiger partial charge in [0.15, 0.2) is 0 Å². The first kappa shape index (κ1) is 16.4. The number of rotatable bonds is 0. The fourth-order valence-corrected chi connectivity index (χ4v) is 0.515. The molecule has 0 saturated carbocycles. The standard InChI is InChI=1S/C6H7.2ClH.Ir/c1-6-4-2-3-5-6;;;/h2,4H,3H2,1H3;2*1H;/q-1;;;+3/p-2. The zero-order chi connectivity index (χ0) is 4.41. The Labute approximate surface area is 82.0 Å². The first-order chi connectivity index (χ1) is 2.89. The van der Waals surface area contributed by atoms with E-state index in [9.17, 15) is 0 Å². The summed E-state index contributed by atoms with van der Waals surface area (Å²) in [6, 6.07) is 0. The van der Waals surface area contributed by atoms with Gasteiger partial charge in [-0.3, -0.25) is 6.08 Å². The van der Waals surface area contributed by atoms with Gasteiger partial charge < -0.3 is 24.8 Å². The molecule has 0 nitrogen and oxygen atoms in total. The normalized spacial score (nSPS) is 12.3. The van der Waals surface area contributed by atoms with Gasteiger partial charge in [0, 0.05) is 0 Å². The Kier molecular flexibility index (Phi) is 15.8. The van der Waals surface area contributed by atoms with Crippen LogP contribution in [0, 0.1) is 6.08 Å². The Hall–Kier alpha value is 0.709. The van der Waals surface area contributed by atoms with Gasteiger partial charge in [0.05, 0.1) is 0 Å². The molecule has 54 valence electrons. The van der Waals surface area contributed by atoms with Gasteiger partial charge in [-0.2, -0.15) is 6.08 Å². The summed E-state index contributed by atoms with van der Waals surface area (Å²) in [7, 11) is 0. The van der Waals surface area contributed by atoms with E-state index in [0.717, 1.165) is 6.42 Å². The summed E-state index contributed by atoms with van der Waals surface area (Å²) in [5, 5.41) is 0. The van der Waals surface area contributed by atoms with Crippen molar-refractivity contribution >= 4 is 0 Å². The molecule has 1 rings (SSSR count).